The minimum absolute atomic E-state index is 0.916. The summed E-state index contributed by atoms with van der Waals surface area (Å²) in [6, 6.07) is 0. The van der Waals surface area contributed by atoms with Crippen LogP contribution >= 0.6 is 0 Å². The molecule has 1 saturated carbocycles. The summed E-state index contributed by atoms with van der Waals surface area (Å²) >= 11 is 0. The molecule has 0 bridgehead atoms. The Morgan fingerprint density at radius 2 is 2.15 bits per heavy atom. The van der Waals surface area contributed by atoms with Crippen LogP contribution < -0.4 is 5.32 Å². The van der Waals surface area contributed by atoms with Crippen molar-refractivity contribution < 1.29 is 0 Å². The molecule has 0 aromatic carbocycles. The molecular weight excluding hydrogens is 162 g/mol. The quantitative estimate of drug-likeness (QED) is 0.767. The van der Waals surface area contributed by atoms with Crippen molar-refractivity contribution in [3.63, 3.8) is 0 Å². The fraction of sp³-hybridized carbons (Fsp3) is 0.700. The van der Waals surface area contributed by atoms with Gasteiger partial charge in [-0.25, -0.2) is 0 Å². The number of rotatable bonds is 3. The van der Waals surface area contributed by atoms with Crippen molar-refractivity contribution >= 4 is 5.69 Å². The molecule has 3 nitrogen and oxygen atoms in total. The molecule has 1 heterocycles. The zero-order chi connectivity index (χ0) is 9.42. The fourth-order valence-corrected chi connectivity index (χ4v) is 1.60. The summed E-state index contributed by atoms with van der Waals surface area (Å²) < 4.78 is 1.94. The van der Waals surface area contributed by atoms with E-state index >= 15 is 0 Å². The molecule has 1 aliphatic carbocycles. The van der Waals surface area contributed by atoms with Crippen LogP contribution in [0.15, 0.2) is 0 Å². The van der Waals surface area contributed by atoms with E-state index in [9.17, 15) is 0 Å². The number of nitrogens with zero attached hydrogens (tertiary/aromatic N) is 2. The average Bonchev–Trinajstić information content (AvgIpc) is 2.84. The molecule has 0 spiro atoms. The maximum absolute atomic E-state index is 4.36. The van der Waals surface area contributed by atoms with E-state index in [4.69, 9.17) is 0 Å². The maximum Gasteiger partial charge on any atom is 0.0827 e. The third-order valence-electron chi connectivity index (χ3n) is 2.77. The smallest absolute Gasteiger partial charge is 0.0827 e. The summed E-state index contributed by atoms with van der Waals surface area (Å²) in [7, 11) is 1.99. The number of nitrogens with one attached hydrogen (secondary N) is 1. The van der Waals surface area contributed by atoms with Gasteiger partial charge in [0.2, 0.25) is 0 Å². The first kappa shape index (κ1) is 8.60. The molecule has 1 aliphatic rings. The molecule has 1 fully saturated rings. The number of aromatic nitrogens is 2. The third-order valence-corrected chi connectivity index (χ3v) is 2.77. The first-order valence-electron chi connectivity index (χ1n) is 4.92. The van der Waals surface area contributed by atoms with E-state index in [0.29, 0.717) is 0 Å². The standard InChI is InChI=1S/C10H17N3/c1-7-10(8(2)13(3)12-7)11-6-9-4-5-9/h9,11H,4-6H2,1-3H3. The highest BCUT2D eigenvalue weighted by Crippen LogP contribution is 2.29. The van der Waals surface area contributed by atoms with Crippen LogP contribution in [0.25, 0.3) is 0 Å². The molecule has 1 N–H and O–H groups in total. The Labute approximate surface area is 79.1 Å². The van der Waals surface area contributed by atoms with Crippen LogP contribution in [-0.4, -0.2) is 16.3 Å². The maximum atomic E-state index is 4.36. The summed E-state index contributed by atoms with van der Waals surface area (Å²) in [5.41, 5.74) is 3.58. The van der Waals surface area contributed by atoms with Gasteiger partial charge in [0.1, 0.15) is 0 Å². The van der Waals surface area contributed by atoms with Gasteiger partial charge in [-0.05, 0) is 32.6 Å². The molecule has 0 amide bonds. The molecule has 1 aromatic heterocycles. The van der Waals surface area contributed by atoms with Gasteiger partial charge in [-0.2, -0.15) is 5.10 Å². The van der Waals surface area contributed by atoms with Gasteiger partial charge in [0.25, 0.3) is 0 Å². The molecule has 13 heavy (non-hydrogen) atoms. The predicted octanol–water partition coefficient (Wildman–Crippen LogP) is 1.86. The lowest BCUT2D eigenvalue weighted by Crippen LogP contribution is -2.05. The highest BCUT2D eigenvalue weighted by molar-refractivity contribution is 5.52. The second-order valence-corrected chi connectivity index (χ2v) is 3.99. The molecule has 0 radical (unpaired) electrons. The van der Waals surface area contributed by atoms with E-state index in [1.54, 1.807) is 0 Å². The van der Waals surface area contributed by atoms with Gasteiger partial charge < -0.3 is 5.32 Å². The van der Waals surface area contributed by atoms with Gasteiger partial charge in [0.15, 0.2) is 0 Å². The second-order valence-electron chi connectivity index (χ2n) is 3.99. The van der Waals surface area contributed by atoms with Gasteiger partial charge in [-0.3, -0.25) is 4.68 Å². The van der Waals surface area contributed by atoms with Crippen molar-refractivity contribution in [1.82, 2.24) is 9.78 Å². The van der Waals surface area contributed by atoms with E-state index in [1.165, 1.54) is 24.2 Å². The van der Waals surface area contributed by atoms with Crippen molar-refractivity contribution in [2.75, 3.05) is 11.9 Å². The number of hydrogen-bond acceptors (Lipinski definition) is 2. The van der Waals surface area contributed by atoms with E-state index in [0.717, 1.165) is 18.2 Å². The highest BCUT2D eigenvalue weighted by atomic mass is 15.3. The zero-order valence-electron chi connectivity index (χ0n) is 8.59. The molecule has 72 valence electrons. The largest absolute Gasteiger partial charge is 0.382 e. The van der Waals surface area contributed by atoms with Gasteiger partial charge >= 0.3 is 0 Å². The first-order chi connectivity index (χ1) is 6.18. The second kappa shape index (κ2) is 3.05. The van der Waals surface area contributed by atoms with Gasteiger partial charge in [-0.15, -0.1) is 0 Å². The monoisotopic (exact) mass is 179 g/mol. The highest BCUT2D eigenvalue weighted by Gasteiger charge is 2.21. The van der Waals surface area contributed by atoms with Crippen molar-refractivity contribution in [1.29, 1.82) is 0 Å². The van der Waals surface area contributed by atoms with Crippen LogP contribution in [-0.2, 0) is 7.05 Å². The molecule has 3 heteroatoms. The van der Waals surface area contributed by atoms with Gasteiger partial charge in [0.05, 0.1) is 17.1 Å². The van der Waals surface area contributed by atoms with Crippen LogP contribution in [0, 0.1) is 19.8 Å². The van der Waals surface area contributed by atoms with Crippen LogP contribution in [0.2, 0.25) is 0 Å². The molecule has 0 aliphatic heterocycles. The Bertz CT molecular complexity index is 310. The topological polar surface area (TPSA) is 29.9 Å². The summed E-state index contributed by atoms with van der Waals surface area (Å²) in [4.78, 5) is 0. The van der Waals surface area contributed by atoms with E-state index < -0.39 is 0 Å². The molecule has 0 atom stereocenters. The van der Waals surface area contributed by atoms with E-state index in [2.05, 4.69) is 24.3 Å². The van der Waals surface area contributed by atoms with Crippen LogP contribution in [0.1, 0.15) is 24.2 Å². The minimum Gasteiger partial charge on any atom is -0.382 e. The molecular formula is C10H17N3. The predicted molar refractivity (Wildman–Crippen MR) is 53.9 cm³/mol. The summed E-state index contributed by atoms with van der Waals surface area (Å²) in [6.45, 7) is 5.28. The summed E-state index contributed by atoms with van der Waals surface area (Å²) in [6.07, 6.45) is 2.79. The van der Waals surface area contributed by atoms with Crippen LogP contribution in [0.4, 0.5) is 5.69 Å². The molecule has 0 saturated heterocycles. The van der Waals surface area contributed by atoms with E-state index in [-0.39, 0.29) is 0 Å². The Balaban J connectivity index is 2.08. The lowest BCUT2D eigenvalue weighted by Gasteiger charge is -2.04. The first-order valence-corrected chi connectivity index (χ1v) is 4.92. The van der Waals surface area contributed by atoms with Crippen molar-refractivity contribution in [3.05, 3.63) is 11.4 Å². The Kier molecular flexibility index (Phi) is 2.02. The third kappa shape index (κ3) is 1.69. The Morgan fingerprint density at radius 1 is 1.46 bits per heavy atom. The average molecular weight is 179 g/mol. The fourth-order valence-electron chi connectivity index (χ4n) is 1.60. The van der Waals surface area contributed by atoms with Gasteiger partial charge in [0, 0.05) is 13.6 Å². The zero-order valence-corrected chi connectivity index (χ0v) is 8.59. The van der Waals surface area contributed by atoms with Crippen molar-refractivity contribution in [2.45, 2.75) is 26.7 Å². The lowest BCUT2D eigenvalue weighted by atomic mass is 10.3. The Morgan fingerprint density at radius 3 is 2.62 bits per heavy atom. The number of anilines is 1. The molecule has 2 rings (SSSR count). The summed E-state index contributed by atoms with van der Waals surface area (Å²) in [5, 5.41) is 7.84. The number of hydrogen-bond donors (Lipinski definition) is 1. The molecule has 0 unspecified atom stereocenters. The summed E-state index contributed by atoms with van der Waals surface area (Å²) in [5.74, 6) is 0.916. The van der Waals surface area contributed by atoms with Crippen LogP contribution in [0.5, 0.6) is 0 Å². The number of aryl methyl sites for hydroxylation is 2. The van der Waals surface area contributed by atoms with Crippen molar-refractivity contribution in [2.24, 2.45) is 13.0 Å². The normalized spacial score (nSPS) is 16.2. The van der Waals surface area contributed by atoms with Crippen molar-refractivity contribution in [3.8, 4) is 0 Å². The minimum atomic E-state index is 0.916. The Hall–Kier alpha value is -0.990. The lowest BCUT2D eigenvalue weighted by molar-refractivity contribution is 0.731. The molecule has 1 aromatic rings. The van der Waals surface area contributed by atoms with Gasteiger partial charge in [-0.1, -0.05) is 0 Å². The van der Waals surface area contributed by atoms with Crippen LogP contribution in [0.3, 0.4) is 0 Å². The van der Waals surface area contributed by atoms with E-state index in [1.807, 2.05) is 11.7 Å². The SMILES string of the molecule is Cc1nn(C)c(C)c1NCC1CC1.